The molecule has 0 aliphatic carbocycles. The van der Waals surface area contributed by atoms with Crippen molar-refractivity contribution in [3.05, 3.63) is 68.7 Å². The number of fused-ring (bicyclic) bond motifs is 1. The number of amides is 1. The monoisotopic (exact) mass is 408 g/mol. The third-order valence-corrected chi connectivity index (χ3v) is 5.12. The van der Waals surface area contributed by atoms with Crippen LogP contribution < -0.4 is 10.9 Å². The summed E-state index contributed by atoms with van der Waals surface area (Å²) >= 11 is 0. The van der Waals surface area contributed by atoms with Crippen LogP contribution in [0, 0.1) is 12.7 Å². The molecule has 1 saturated heterocycles. The normalized spacial score (nSPS) is 15.8. The highest BCUT2D eigenvalue weighted by Gasteiger charge is 2.20. The van der Waals surface area contributed by atoms with Crippen LogP contribution in [0.25, 0.3) is 17.1 Å². The van der Waals surface area contributed by atoms with Crippen molar-refractivity contribution in [1.29, 1.82) is 0 Å². The molecule has 154 valence electrons. The van der Waals surface area contributed by atoms with Crippen molar-refractivity contribution in [2.24, 2.45) is 0 Å². The minimum absolute atomic E-state index is 0.143. The number of carbonyl (C=O) groups excluding carboxylic acids is 1. The number of aryl methyl sites for hydroxylation is 1. The predicted octanol–water partition coefficient (Wildman–Crippen LogP) is 1.81. The summed E-state index contributed by atoms with van der Waals surface area (Å²) in [7, 11) is 1.54. The molecule has 1 aliphatic heterocycles. The zero-order chi connectivity index (χ0) is 21.3. The Kier molecular flexibility index (Phi) is 5.37. The Morgan fingerprint density at radius 2 is 2.13 bits per heavy atom. The number of halogens is 1. The third-order valence-electron chi connectivity index (χ3n) is 5.12. The van der Waals surface area contributed by atoms with Gasteiger partial charge in [-0.3, -0.25) is 14.5 Å². The first kappa shape index (κ1) is 19.8. The highest BCUT2D eigenvalue weighted by molar-refractivity contribution is 5.91. The Morgan fingerprint density at radius 3 is 2.87 bits per heavy atom. The molecule has 0 radical (unpaired) electrons. The van der Waals surface area contributed by atoms with Gasteiger partial charge in [0.15, 0.2) is 11.5 Å². The smallest absolute Gasteiger partial charge is 0.271 e. The first-order chi connectivity index (χ1) is 14.4. The molecule has 30 heavy (non-hydrogen) atoms. The lowest BCUT2D eigenvalue weighted by Gasteiger charge is -2.15. The predicted molar refractivity (Wildman–Crippen MR) is 110 cm³/mol. The lowest BCUT2D eigenvalue weighted by molar-refractivity contribution is 0.0957. The second kappa shape index (κ2) is 8.11. The average molecular weight is 408 g/mol. The molecule has 0 atom stereocenters. The number of hydrogen-bond acceptors (Lipinski definition) is 6. The topological polar surface area (TPSA) is 104 Å². The van der Waals surface area contributed by atoms with Gasteiger partial charge in [0.05, 0.1) is 11.2 Å². The summed E-state index contributed by atoms with van der Waals surface area (Å²) in [6.07, 6.45) is 2.78. The number of likely N-dealkylation sites (tertiary alicyclic amines) is 1. The molecule has 3 heterocycles. The van der Waals surface area contributed by atoms with Crippen LogP contribution in [0.15, 0.2) is 34.6 Å². The van der Waals surface area contributed by atoms with Crippen LogP contribution in [-0.2, 0) is 6.54 Å². The number of hydrogen-bond donors (Lipinski definition) is 2. The summed E-state index contributed by atoms with van der Waals surface area (Å²) in [6.45, 7) is 3.49. The SMILES string of the molecule is CNC(=O)c1ccc(/C=C2/CCN(Cc3ccc4nc(C)c(=O)[nH]c4c3F)C2)nn1. The lowest BCUT2D eigenvalue weighted by Crippen LogP contribution is -2.20. The van der Waals surface area contributed by atoms with E-state index in [2.05, 4.69) is 30.4 Å². The van der Waals surface area contributed by atoms with Crippen molar-refractivity contribution in [2.75, 3.05) is 20.1 Å². The fraction of sp³-hybridized carbons (Fsp3) is 0.286. The van der Waals surface area contributed by atoms with Crippen molar-refractivity contribution in [3.63, 3.8) is 0 Å². The van der Waals surface area contributed by atoms with Gasteiger partial charge in [-0.15, -0.1) is 5.10 Å². The second-order valence-electron chi connectivity index (χ2n) is 7.27. The number of nitrogens with zero attached hydrogens (tertiary/aromatic N) is 4. The van der Waals surface area contributed by atoms with Crippen LogP contribution in [0.2, 0.25) is 0 Å². The number of rotatable bonds is 4. The molecular formula is C21H21FN6O2. The molecule has 0 bridgehead atoms. The number of aromatic amines is 1. The molecule has 9 heteroatoms. The molecular weight excluding hydrogens is 387 g/mol. The van der Waals surface area contributed by atoms with Crippen molar-refractivity contribution < 1.29 is 9.18 Å². The highest BCUT2D eigenvalue weighted by Crippen LogP contribution is 2.23. The molecule has 4 rings (SSSR count). The van der Waals surface area contributed by atoms with Crippen molar-refractivity contribution in [1.82, 2.24) is 30.4 Å². The van der Waals surface area contributed by atoms with Gasteiger partial charge in [0.1, 0.15) is 11.2 Å². The first-order valence-corrected chi connectivity index (χ1v) is 9.60. The standard InChI is InChI=1S/C21H21FN6O2/c1-12-20(29)25-19-16(24-12)5-3-14(18(19)22)11-28-8-7-13(10-28)9-15-4-6-17(27-26-15)21(30)23-2/h3-6,9H,7-8,10-11H2,1-2H3,(H,23,30)(H,25,29)/b13-9-. The van der Waals surface area contributed by atoms with E-state index in [1.54, 1.807) is 38.2 Å². The molecule has 1 aromatic carbocycles. The van der Waals surface area contributed by atoms with Gasteiger partial charge in [0.2, 0.25) is 0 Å². The number of aromatic nitrogens is 4. The molecule has 2 aromatic heterocycles. The Morgan fingerprint density at radius 1 is 1.30 bits per heavy atom. The minimum atomic E-state index is -0.440. The fourth-order valence-electron chi connectivity index (χ4n) is 3.50. The van der Waals surface area contributed by atoms with Gasteiger partial charge in [-0.2, -0.15) is 5.10 Å². The maximum absolute atomic E-state index is 14.9. The molecule has 0 spiro atoms. The molecule has 8 nitrogen and oxygen atoms in total. The van der Waals surface area contributed by atoms with Crippen LogP contribution in [0.3, 0.4) is 0 Å². The third kappa shape index (κ3) is 3.97. The van der Waals surface area contributed by atoms with Crippen LogP contribution in [0.4, 0.5) is 4.39 Å². The van der Waals surface area contributed by atoms with E-state index in [4.69, 9.17) is 0 Å². The Hall–Kier alpha value is -3.46. The minimum Gasteiger partial charge on any atom is -0.354 e. The summed E-state index contributed by atoms with van der Waals surface area (Å²) in [4.78, 5) is 32.2. The number of H-pyrrole nitrogens is 1. The second-order valence-corrected chi connectivity index (χ2v) is 7.27. The highest BCUT2D eigenvalue weighted by atomic mass is 19.1. The number of nitrogens with one attached hydrogen (secondary N) is 2. The zero-order valence-electron chi connectivity index (χ0n) is 16.7. The van der Waals surface area contributed by atoms with Crippen LogP contribution in [0.1, 0.15) is 33.9 Å². The van der Waals surface area contributed by atoms with Crippen molar-refractivity contribution in [2.45, 2.75) is 19.9 Å². The molecule has 1 fully saturated rings. The van der Waals surface area contributed by atoms with E-state index < -0.39 is 5.82 Å². The van der Waals surface area contributed by atoms with Crippen LogP contribution >= 0.6 is 0 Å². The summed E-state index contributed by atoms with van der Waals surface area (Å²) in [5.74, 6) is -0.719. The zero-order valence-corrected chi connectivity index (χ0v) is 16.7. The van der Waals surface area contributed by atoms with Crippen molar-refractivity contribution in [3.8, 4) is 0 Å². The van der Waals surface area contributed by atoms with Gasteiger partial charge in [-0.25, -0.2) is 9.37 Å². The number of carbonyl (C=O) groups is 1. The molecule has 2 N–H and O–H groups in total. The molecule has 1 aliphatic rings. The van der Waals surface area contributed by atoms with Gasteiger partial charge < -0.3 is 10.3 Å². The van der Waals surface area contributed by atoms with E-state index in [0.29, 0.717) is 35.6 Å². The van der Waals surface area contributed by atoms with E-state index >= 15 is 0 Å². The quantitative estimate of drug-likeness (QED) is 0.682. The van der Waals surface area contributed by atoms with E-state index in [9.17, 15) is 14.0 Å². The maximum atomic E-state index is 14.9. The molecule has 3 aromatic rings. The average Bonchev–Trinajstić information content (AvgIpc) is 3.18. The summed E-state index contributed by atoms with van der Waals surface area (Å²) < 4.78 is 14.9. The molecule has 0 unspecified atom stereocenters. The van der Waals surface area contributed by atoms with E-state index in [0.717, 1.165) is 18.5 Å². The summed E-state index contributed by atoms with van der Waals surface area (Å²) in [5, 5.41) is 10.5. The Labute approximate surface area is 171 Å². The Balaban J connectivity index is 1.48. The molecule has 0 saturated carbocycles. The first-order valence-electron chi connectivity index (χ1n) is 9.60. The molecule has 1 amide bonds. The summed E-state index contributed by atoms with van der Waals surface area (Å²) in [5.41, 5.74) is 3.13. The van der Waals surface area contributed by atoms with Gasteiger partial charge in [0.25, 0.3) is 11.5 Å². The van der Waals surface area contributed by atoms with E-state index in [1.165, 1.54) is 0 Å². The van der Waals surface area contributed by atoms with Crippen LogP contribution in [0.5, 0.6) is 0 Å². The van der Waals surface area contributed by atoms with Crippen molar-refractivity contribution >= 4 is 23.0 Å². The summed E-state index contributed by atoms with van der Waals surface area (Å²) in [6, 6.07) is 6.83. The number of benzene rings is 1. The van der Waals surface area contributed by atoms with Crippen LogP contribution in [-0.4, -0.2) is 51.1 Å². The van der Waals surface area contributed by atoms with E-state index in [-0.39, 0.29) is 22.7 Å². The Bertz CT molecular complexity index is 1200. The maximum Gasteiger partial charge on any atom is 0.271 e. The van der Waals surface area contributed by atoms with E-state index in [1.807, 2.05) is 6.08 Å². The van der Waals surface area contributed by atoms with Gasteiger partial charge in [-0.05, 0) is 37.6 Å². The van der Waals surface area contributed by atoms with Gasteiger partial charge in [0, 0.05) is 32.2 Å². The largest absolute Gasteiger partial charge is 0.354 e. The van der Waals surface area contributed by atoms with Gasteiger partial charge in [-0.1, -0.05) is 11.6 Å². The lowest BCUT2D eigenvalue weighted by atomic mass is 10.1. The fourth-order valence-corrected chi connectivity index (χ4v) is 3.50. The van der Waals surface area contributed by atoms with Gasteiger partial charge >= 0.3 is 0 Å².